The third-order valence-electron chi connectivity index (χ3n) is 3.52. The molecular formula is C17H30N2O2. The van der Waals surface area contributed by atoms with Gasteiger partial charge in [0.1, 0.15) is 5.75 Å². The SMILES string of the molecule is CCOCCCNCc1ccc(N(CC)CC)c(OC)c1. The fourth-order valence-electron chi connectivity index (χ4n) is 2.33. The quantitative estimate of drug-likeness (QED) is 0.636. The van der Waals surface area contributed by atoms with E-state index >= 15 is 0 Å². The highest BCUT2D eigenvalue weighted by atomic mass is 16.5. The summed E-state index contributed by atoms with van der Waals surface area (Å²) in [5, 5.41) is 3.44. The number of hydrogen-bond donors (Lipinski definition) is 1. The first kappa shape index (κ1) is 17.8. The first-order valence-corrected chi connectivity index (χ1v) is 7.97. The summed E-state index contributed by atoms with van der Waals surface area (Å²) in [6, 6.07) is 6.46. The molecule has 0 radical (unpaired) electrons. The van der Waals surface area contributed by atoms with Crippen molar-refractivity contribution >= 4 is 5.69 Å². The molecule has 0 unspecified atom stereocenters. The molecular weight excluding hydrogens is 264 g/mol. The van der Waals surface area contributed by atoms with Gasteiger partial charge in [0.15, 0.2) is 0 Å². The second kappa shape index (κ2) is 10.5. The van der Waals surface area contributed by atoms with Crippen LogP contribution in [0.25, 0.3) is 0 Å². The minimum Gasteiger partial charge on any atom is -0.495 e. The lowest BCUT2D eigenvalue weighted by Gasteiger charge is -2.23. The molecule has 0 aromatic heterocycles. The highest BCUT2D eigenvalue weighted by Crippen LogP contribution is 2.29. The van der Waals surface area contributed by atoms with Gasteiger partial charge in [-0.25, -0.2) is 0 Å². The fourth-order valence-corrected chi connectivity index (χ4v) is 2.33. The van der Waals surface area contributed by atoms with Crippen molar-refractivity contribution in [2.24, 2.45) is 0 Å². The van der Waals surface area contributed by atoms with Crippen LogP contribution in [0.4, 0.5) is 5.69 Å². The second-order valence-corrected chi connectivity index (χ2v) is 4.91. The Morgan fingerprint density at radius 2 is 1.90 bits per heavy atom. The summed E-state index contributed by atoms with van der Waals surface area (Å²) in [5.41, 5.74) is 2.42. The van der Waals surface area contributed by atoms with Crippen LogP contribution in [-0.2, 0) is 11.3 Å². The van der Waals surface area contributed by atoms with E-state index in [1.54, 1.807) is 7.11 Å². The molecule has 0 aliphatic heterocycles. The minimum absolute atomic E-state index is 0.796. The molecule has 21 heavy (non-hydrogen) atoms. The van der Waals surface area contributed by atoms with Crippen molar-refractivity contribution in [2.75, 3.05) is 44.9 Å². The average Bonchev–Trinajstić information content (AvgIpc) is 2.52. The van der Waals surface area contributed by atoms with Gasteiger partial charge in [-0.1, -0.05) is 6.07 Å². The summed E-state index contributed by atoms with van der Waals surface area (Å²) in [6.45, 7) is 11.8. The summed E-state index contributed by atoms with van der Waals surface area (Å²) in [7, 11) is 1.74. The molecule has 1 aromatic carbocycles. The third-order valence-corrected chi connectivity index (χ3v) is 3.52. The topological polar surface area (TPSA) is 33.7 Å². The van der Waals surface area contributed by atoms with E-state index in [1.807, 2.05) is 6.92 Å². The van der Waals surface area contributed by atoms with E-state index in [0.29, 0.717) is 0 Å². The number of benzene rings is 1. The van der Waals surface area contributed by atoms with E-state index in [0.717, 1.165) is 51.6 Å². The van der Waals surface area contributed by atoms with Crippen LogP contribution in [0.3, 0.4) is 0 Å². The van der Waals surface area contributed by atoms with Crippen LogP contribution < -0.4 is 15.0 Å². The first-order valence-electron chi connectivity index (χ1n) is 7.97. The van der Waals surface area contributed by atoms with Crippen molar-refractivity contribution < 1.29 is 9.47 Å². The van der Waals surface area contributed by atoms with E-state index in [-0.39, 0.29) is 0 Å². The molecule has 0 aliphatic carbocycles. The number of nitrogens with zero attached hydrogens (tertiary/aromatic N) is 1. The maximum Gasteiger partial charge on any atom is 0.142 e. The van der Waals surface area contributed by atoms with E-state index in [4.69, 9.17) is 9.47 Å². The van der Waals surface area contributed by atoms with Gasteiger partial charge in [0.05, 0.1) is 12.8 Å². The summed E-state index contributed by atoms with van der Waals surface area (Å²) in [6.07, 6.45) is 1.04. The molecule has 0 saturated carbocycles. The Kier molecular flexibility index (Phi) is 8.87. The minimum atomic E-state index is 0.796. The lowest BCUT2D eigenvalue weighted by molar-refractivity contribution is 0.144. The molecule has 0 aliphatic rings. The van der Waals surface area contributed by atoms with Crippen molar-refractivity contribution in [1.29, 1.82) is 0 Å². The van der Waals surface area contributed by atoms with Crippen LogP contribution in [0.15, 0.2) is 18.2 Å². The number of nitrogens with one attached hydrogen (secondary N) is 1. The zero-order valence-corrected chi connectivity index (χ0v) is 13.9. The molecule has 0 fully saturated rings. The van der Waals surface area contributed by atoms with Crippen molar-refractivity contribution in [3.8, 4) is 5.75 Å². The molecule has 0 amide bonds. The van der Waals surface area contributed by atoms with E-state index in [2.05, 4.69) is 42.3 Å². The van der Waals surface area contributed by atoms with Gasteiger partial charge in [-0.15, -0.1) is 0 Å². The van der Waals surface area contributed by atoms with Gasteiger partial charge in [0, 0.05) is 32.8 Å². The Balaban J connectivity index is 2.53. The zero-order valence-electron chi connectivity index (χ0n) is 13.9. The monoisotopic (exact) mass is 294 g/mol. The summed E-state index contributed by atoms with van der Waals surface area (Å²) >= 11 is 0. The molecule has 4 nitrogen and oxygen atoms in total. The van der Waals surface area contributed by atoms with Gasteiger partial charge in [-0.3, -0.25) is 0 Å². The third kappa shape index (κ3) is 5.94. The fraction of sp³-hybridized carbons (Fsp3) is 0.647. The lowest BCUT2D eigenvalue weighted by atomic mass is 10.1. The Morgan fingerprint density at radius 3 is 2.52 bits per heavy atom. The Hall–Kier alpha value is -1.26. The number of anilines is 1. The standard InChI is InChI=1S/C17H30N2O2/c1-5-19(6-2)16-10-9-15(13-17(16)20-4)14-18-11-8-12-21-7-3/h9-10,13,18H,5-8,11-12,14H2,1-4H3. The average molecular weight is 294 g/mol. The van der Waals surface area contributed by atoms with Crippen LogP contribution in [0.5, 0.6) is 5.75 Å². The molecule has 0 saturated heterocycles. The lowest BCUT2D eigenvalue weighted by Crippen LogP contribution is -2.22. The molecule has 0 atom stereocenters. The van der Waals surface area contributed by atoms with Crippen molar-refractivity contribution in [3.05, 3.63) is 23.8 Å². The first-order chi connectivity index (χ1) is 10.3. The Morgan fingerprint density at radius 1 is 1.14 bits per heavy atom. The second-order valence-electron chi connectivity index (χ2n) is 4.91. The van der Waals surface area contributed by atoms with E-state index < -0.39 is 0 Å². The Labute approximate surface area is 129 Å². The Bertz CT molecular complexity index is 392. The number of methoxy groups -OCH3 is 1. The molecule has 4 heteroatoms. The number of hydrogen-bond acceptors (Lipinski definition) is 4. The van der Waals surface area contributed by atoms with Crippen LogP contribution in [0.1, 0.15) is 32.8 Å². The molecule has 0 bridgehead atoms. The summed E-state index contributed by atoms with van der Waals surface area (Å²) < 4.78 is 10.9. The molecule has 1 aromatic rings. The van der Waals surface area contributed by atoms with E-state index in [9.17, 15) is 0 Å². The van der Waals surface area contributed by atoms with Gasteiger partial charge in [0.2, 0.25) is 0 Å². The predicted molar refractivity (Wildman–Crippen MR) is 89.4 cm³/mol. The van der Waals surface area contributed by atoms with Gasteiger partial charge < -0.3 is 19.7 Å². The highest BCUT2D eigenvalue weighted by molar-refractivity contribution is 5.59. The summed E-state index contributed by atoms with van der Waals surface area (Å²) in [5.74, 6) is 0.951. The van der Waals surface area contributed by atoms with Crippen LogP contribution in [0.2, 0.25) is 0 Å². The van der Waals surface area contributed by atoms with Crippen molar-refractivity contribution in [2.45, 2.75) is 33.7 Å². The van der Waals surface area contributed by atoms with Crippen LogP contribution >= 0.6 is 0 Å². The maximum atomic E-state index is 5.54. The van der Waals surface area contributed by atoms with Gasteiger partial charge in [-0.05, 0) is 51.4 Å². The molecule has 120 valence electrons. The van der Waals surface area contributed by atoms with Crippen molar-refractivity contribution in [3.63, 3.8) is 0 Å². The number of rotatable bonds is 11. The highest BCUT2D eigenvalue weighted by Gasteiger charge is 2.09. The molecule has 0 spiro atoms. The zero-order chi connectivity index (χ0) is 15.5. The predicted octanol–water partition coefficient (Wildman–Crippen LogP) is 3.06. The normalized spacial score (nSPS) is 10.7. The molecule has 0 heterocycles. The van der Waals surface area contributed by atoms with Gasteiger partial charge in [-0.2, -0.15) is 0 Å². The maximum absolute atomic E-state index is 5.54. The number of ether oxygens (including phenoxy) is 2. The van der Waals surface area contributed by atoms with Crippen LogP contribution in [0, 0.1) is 0 Å². The van der Waals surface area contributed by atoms with Gasteiger partial charge in [0.25, 0.3) is 0 Å². The molecule has 1 rings (SSSR count). The van der Waals surface area contributed by atoms with Crippen molar-refractivity contribution in [1.82, 2.24) is 5.32 Å². The van der Waals surface area contributed by atoms with Gasteiger partial charge >= 0.3 is 0 Å². The van der Waals surface area contributed by atoms with E-state index in [1.165, 1.54) is 11.3 Å². The van der Waals surface area contributed by atoms with Crippen LogP contribution in [-0.4, -0.2) is 40.0 Å². The summed E-state index contributed by atoms with van der Waals surface area (Å²) in [4.78, 5) is 2.30. The smallest absolute Gasteiger partial charge is 0.142 e. The largest absolute Gasteiger partial charge is 0.495 e. The molecule has 1 N–H and O–H groups in total.